The third kappa shape index (κ3) is 3.31. The molecule has 0 saturated heterocycles. The molecule has 0 aliphatic rings. The number of aromatic nitrogens is 3. The van der Waals surface area contributed by atoms with E-state index in [-0.39, 0.29) is 15.5 Å². The molecular weight excluding hydrogens is 374 g/mol. The molecule has 24 heavy (non-hydrogen) atoms. The predicted molar refractivity (Wildman–Crippen MR) is 88.3 cm³/mol. The average molecular weight is 385 g/mol. The molecule has 2 aromatic heterocycles. The molecule has 0 unspecified atom stereocenters. The van der Waals surface area contributed by atoms with Crippen LogP contribution in [-0.4, -0.2) is 32.0 Å². The molecule has 0 amide bonds. The zero-order chi connectivity index (χ0) is 17.4. The van der Waals surface area contributed by atoms with Crippen LogP contribution in [0.5, 0.6) is 0 Å². The highest BCUT2D eigenvalue weighted by molar-refractivity contribution is 7.92. The lowest BCUT2D eigenvalue weighted by atomic mass is 10.4. The van der Waals surface area contributed by atoms with Crippen molar-refractivity contribution in [2.24, 2.45) is 5.14 Å². The normalized spacial score (nSPS) is 12.2. The largest absolute Gasteiger partial charge is 0.276 e. The van der Waals surface area contributed by atoms with E-state index in [4.69, 9.17) is 5.14 Å². The topological polar surface area (TPSA) is 148 Å². The number of aromatic amines is 1. The first-order valence-electron chi connectivity index (χ1n) is 6.36. The van der Waals surface area contributed by atoms with Gasteiger partial charge >= 0.3 is 0 Å². The van der Waals surface area contributed by atoms with Crippen molar-refractivity contribution < 1.29 is 16.8 Å². The molecule has 0 spiro atoms. The molecule has 2 heterocycles. The molecule has 4 N–H and O–H groups in total. The zero-order valence-electron chi connectivity index (χ0n) is 11.9. The Morgan fingerprint density at radius 2 is 1.75 bits per heavy atom. The monoisotopic (exact) mass is 385 g/mol. The summed E-state index contributed by atoms with van der Waals surface area (Å²) in [5, 5.41) is 13.8. The van der Waals surface area contributed by atoms with Gasteiger partial charge in [0.1, 0.15) is 10.7 Å². The quantitative estimate of drug-likeness (QED) is 0.596. The van der Waals surface area contributed by atoms with Gasteiger partial charge in [-0.15, -0.1) is 11.3 Å². The first-order chi connectivity index (χ1) is 11.3. The molecule has 1 aromatic carbocycles. The van der Waals surface area contributed by atoms with Gasteiger partial charge in [-0.2, -0.15) is 5.10 Å². The van der Waals surface area contributed by atoms with E-state index in [1.165, 1.54) is 17.5 Å². The molecule has 0 fully saturated rings. The number of nitrogens with one attached hydrogen (secondary N) is 2. The number of thiazole rings is 1. The number of nitrogens with two attached hydrogens (primary N) is 1. The van der Waals surface area contributed by atoms with Crippen LogP contribution in [0.2, 0.25) is 0 Å². The maximum atomic E-state index is 12.4. The number of nitrogens with zero attached hydrogens (tertiary/aromatic N) is 2. The lowest BCUT2D eigenvalue weighted by molar-refractivity contribution is 0.595. The highest BCUT2D eigenvalue weighted by Gasteiger charge is 2.19. The number of hydrogen-bond donors (Lipinski definition) is 3. The van der Waals surface area contributed by atoms with Crippen LogP contribution < -0.4 is 9.86 Å². The molecule has 126 valence electrons. The molecule has 0 aliphatic heterocycles. The van der Waals surface area contributed by atoms with Gasteiger partial charge < -0.3 is 0 Å². The highest BCUT2D eigenvalue weighted by Crippen LogP contribution is 2.28. The minimum Gasteiger partial charge on any atom is -0.276 e. The van der Waals surface area contributed by atoms with Gasteiger partial charge in [-0.3, -0.25) is 9.82 Å². The fourth-order valence-electron chi connectivity index (χ4n) is 1.89. The third-order valence-electron chi connectivity index (χ3n) is 2.99. The van der Waals surface area contributed by atoms with E-state index in [2.05, 4.69) is 19.9 Å². The lowest BCUT2D eigenvalue weighted by Crippen LogP contribution is -2.15. The fourth-order valence-corrected chi connectivity index (χ4v) is 4.10. The first-order valence-corrected chi connectivity index (χ1v) is 10.3. The Hall–Kier alpha value is -2.28. The van der Waals surface area contributed by atoms with Crippen molar-refractivity contribution in [1.82, 2.24) is 15.2 Å². The summed E-state index contributed by atoms with van der Waals surface area (Å²) < 4.78 is 49.7. The highest BCUT2D eigenvalue weighted by atomic mass is 32.2. The Kier molecular flexibility index (Phi) is 4.13. The van der Waals surface area contributed by atoms with Crippen LogP contribution in [0, 0.1) is 0 Å². The average Bonchev–Trinajstić information content (AvgIpc) is 3.17. The Balaban J connectivity index is 1.92. The SMILES string of the molecule is NS(=O)(=O)c1ccc(S(=O)(=O)Nc2cn[nH]c2-c2nccs2)cc1. The molecule has 12 heteroatoms. The minimum absolute atomic E-state index is 0.110. The second-order valence-corrected chi connectivity index (χ2v) is 8.76. The van der Waals surface area contributed by atoms with Crippen LogP contribution in [0.1, 0.15) is 0 Å². The van der Waals surface area contributed by atoms with Crippen LogP contribution in [0.4, 0.5) is 5.69 Å². The van der Waals surface area contributed by atoms with Gasteiger partial charge in [0.25, 0.3) is 10.0 Å². The van der Waals surface area contributed by atoms with Crippen molar-refractivity contribution in [2.45, 2.75) is 9.79 Å². The van der Waals surface area contributed by atoms with Gasteiger partial charge in [-0.25, -0.2) is 27.0 Å². The number of H-pyrrole nitrogens is 1. The van der Waals surface area contributed by atoms with Crippen molar-refractivity contribution >= 4 is 37.1 Å². The molecule has 9 nitrogen and oxygen atoms in total. The second-order valence-electron chi connectivity index (χ2n) is 4.62. The summed E-state index contributed by atoms with van der Waals surface area (Å²) in [4.78, 5) is 3.81. The van der Waals surface area contributed by atoms with Gasteiger partial charge in [0.2, 0.25) is 10.0 Å². The van der Waals surface area contributed by atoms with Gasteiger partial charge in [-0.1, -0.05) is 0 Å². The molecule has 0 aliphatic carbocycles. The summed E-state index contributed by atoms with van der Waals surface area (Å²) in [7, 11) is -7.82. The summed E-state index contributed by atoms with van der Waals surface area (Å²) in [5.41, 5.74) is 0.676. The Morgan fingerprint density at radius 1 is 1.08 bits per heavy atom. The standard InChI is InChI=1S/C12H11N5O4S3/c13-23(18,19)8-1-3-9(4-2-8)24(20,21)17-10-7-15-16-11(10)12-14-5-6-22-12/h1-7,17H,(H,15,16)(H2,13,18,19). The van der Waals surface area contributed by atoms with E-state index < -0.39 is 20.0 Å². The van der Waals surface area contributed by atoms with E-state index in [0.717, 1.165) is 24.3 Å². The fraction of sp³-hybridized carbons (Fsp3) is 0. The summed E-state index contributed by atoms with van der Waals surface area (Å²) in [5.74, 6) is 0. The maximum absolute atomic E-state index is 12.4. The molecule has 3 rings (SSSR count). The number of hydrogen-bond acceptors (Lipinski definition) is 7. The van der Waals surface area contributed by atoms with Gasteiger partial charge in [0, 0.05) is 11.6 Å². The first kappa shape index (κ1) is 16.6. The van der Waals surface area contributed by atoms with Gasteiger partial charge in [0.15, 0.2) is 0 Å². The Bertz CT molecular complexity index is 1050. The smallest absolute Gasteiger partial charge is 0.262 e. The summed E-state index contributed by atoms with van der Waals surface area (Å²) in [6, 6.07) is 4.57. The van der Waals surface area contributed by atoms with Crippen LogP contribution in [-0.2, 0) is 20.0 Å². The Labute approximate surface area is 141 Å². The summed E-state index contributed by atoms with van der Waals surface area (Å²) in [6.07, 6.45) is 2.91. The summed E-state index contributed by atoms with van der Waals surface area (Å²) >= 11 is 1.32. The Morgan fingerprint density at radius 3 is 2.33 bits per heavy atom. The number of primary sulfonamides is 1. The van der Waals surface area contributed by atoms with Crippen molar-refractivity contribution in [3.05, 3.63) is 42.0 Å². The maximum Gasteiger partial charge on any atom is 0.262 e. The lowest BCUT2D eigenvalue weighted by Gasteiger charge is -2.08. The molecule has 0 bridgehead atoms. The zero-order valence-corrected chi connectivity index (χ0v) is 14.3. The minimum atomic E-state index is -3.93. The van der Waals surface area contributed by atoms with Gasteiger partial charge in [0.05, 0.1) is 21.7 Å². The number of rotatable bonds is 5. The van der Waals surface area contributed by atoms with Crippen LogP contribution in [0.3, 0.4) is 0 Å². The van der Waals surface area contributed by atoms with Crippen molar-refractivity contribution in [3.63, 3.8) is 0 Å². The van der Waals surface area contributed by atoms with E-state index in [1.807, 2.05) is 0 Å². The molecular formula is C12H11N5O4S3. The predicted octanol–water partition coefficient (Wildman–Crippen LogP) is 0.981. The van der Waals surface area contributed by atoms with Crippen LogP contribution in [0.15, 0.2) is 51.8 Å². The van der Waals surface area contributed by atoms with Crippen molar-refractivity contribution in [2.75, 3.05) is 4.72 Å². The van der Waals surface area contributed by atoms with Crippen LogP contribution >= 0.6 is 11.3 Å². The number of benzene rings is 1. The van der Waals surface area contributed by atoms with Crippen LogP contribution in [0.25, 0.3) is 10.7 Å². The number of anilines is 1. The molecule has 0 saturated carbocycles. The van der Waals surface area contributed by atoms with Crippen molar-refractivity contribution in [3.8, 4) is 10.7 Å². The van der Waals surface area contributed by atoms with E-state index in [1.54, 1.807) is 11.6 Å². The second kappa shape index (κ2) is 5.98. The molecule has 0 atom stereocenters. The van der Waals surface area contributed by atoms with Crippen molar-refractivity contribution in [1.29, 1.82) is 0 Å². The summed E-state index contributed by atoms with van der Waals surface area (Å²) in [6.45, 7) is 0. The number of sulfonamides is 2. The van der Waals surface area contributed by atoms with Gasteiger partial charge in [-0.05, 0) is 24.3 Å². The van der Waals surface area contributed by atoms with E-state index >= 15 is 0 Å². The van der Waals surface area contributed by atoms with E-state index in [0.29, 0.717) is 10.7 Å². The van der Waals surface area contributed by atoms with E-state index in [9.17, 15) is 16.8 Å². The third-order valence-corrected chi connectivity index (χ3v) is 6.09. The molecule has 0 radical (unpaired) electrons. The molecule has 3 aromatic rings.